The Morgan fingerprint density at radius 1 is 1.13 bits per heavy atom. The fourth-order valence-corrected chi connectivity index (χ4v) is 6.06. The predicted octanol–water partition coefficient (Wildman–Crippen LogP) is 4.50. The van der Waals surface area contributed by atoms with Gasteiger partial charge in [0.2, 0.25) is 15.9 Å². The van der Waals surface area contributed by atoms with E-state index >= 15 is 0 Å². The van der Waals surface area contributed by atoms with Crippen molar-refractivity contribution in [1.29, 1.82) is 0 Å². The van der Waals surface area contributed by atoms with Crippen LogP contribution in [0.25, 0.3) is 0 Å². The minimum absolute atomic E-state index is 0.0359. The van der Waals surface area contributed by atoms with Gasteiger partial charge in [0.25, 0.3) is 0 Å². The number of hydrogen-bond acceptors (Lipinski definition) is 3. The first-order valence-corrected chi connectivity index (χ1v) is 12.2. The third-order valence-electron chi connectivity index (χ3n) is 5.43. The number of rotatable bonds is 6. The summed E-state index contributed by atoms with van der Waals surface area (Å²) in [5.41, 5.74) is 2.61. The minimum atomic E-state index is -3.64. The Balaban J connectivity index is 1.67. The van der Waals surface area contributed by atoms with Crippen molar-refractivity contribution < 1.29 is 13.2 Å². The van der Waals surface area contributed by atoms with Crippen LogP contribution in [0.4, 0.5) is 0 Å². The maximum atomic E-state index is 13.0. The molecule has 0 saturated carbocycles. The Morgan fingerprint density at radius 2 is 1.77 bits per heavy atom. The van der Waals surface area contributed by atoms with E-state index in [1.165, 1.54) is 9.87 Å². The van der Waals surface area contributed by atoms with Gasteiger partial charge >= 0.3 is 0 Å². The average molecular weight is 469 g/mol. The van der Waals surface area contributed by atoms with Crippen molar-refractivity contribution in [3.05, 3.63) is 69.2 Å². The SMILES string of the molecule is Cc1ccc(CN(C)C(=O)C2CCCN(S(=O)(=O)Cc3c(Cl)cccc3Cl)C2)cc1. The summed E-state index contributed by atoms with van der Waals surface area (Å²) in [5.74, 6) is -0.664. The first-order chi connectivity index (χ1) is 14.2. The molecule has 5 nitrogen and oxygen atoms in total. The molecule has 0 bridgehead atoms. The maximum absolute atomic E-state index is 13.0. The summed E-state index contributed by atoms with van der Waals surface area (Å²) in [4.78, 5) is 14.6. The molecule has 1 fully saturated rings. The second-order valence-corrected chi connectivity index (χ2v) is 10.6. The van der Waals surface area contributed by atoms with E-state index in [2.05, 4.69) is 0 Å². The van der Waals surface area contributed by atoms with Crippen LogP contribution in [0, 0.1) is 12.8 Å². The Labute approximate surface area is 188 Å². The van der Waals surface area contributed by atoms with Gasteiger partial charge in [0.15, 0.2) is 0 Å². The zero-order valence-electron chi connectivity index (χ0n) is 17.1. The molecule has 0 aliphatic carbocycles. The lowest BCUT2D eigenvalue weighted by molar-refractivity contribution is -0.135. The summed E-state index contributed by atoms with van der Waals surface area (Å²) < 4.78 is 27.4. The maximum Gasteiger partial charge on any atom is 0.227 e. The van der Waals surface area contributed by atoms with E-state index < -0.39 is 10.0 Å². The summed E-state index contributed by atoms with van der Waals surface area (Å²) >= 11 is 12.3. The Kier molecular flexibility index (Phi) is 7.45. The van der Waals surface area contributed by atoms with Crippen molar-refractivity contribution in [2.24, 2.45) is 5.92 Å². The van der Waals surface area contributed by atoms with Gasteiger partial charge in [-0.05, 0) is 37.5 Å². The quantitative estimate of drug-likeness (QED) is 0.626. The number of amides is 1. The Hall–Kier alpha value is -1.60. The van der Waals surface area contributed by atoms with Gasteiger partial charge in [0, 0.05) is 42.3 Å². The van der Waals surface area contributed by atoms with Crippen LogP contribution in [0.1, 0.15) is 29.5 Å². The number of halogens is 2. The van der Waals surface area contributed by atoms with Crippen LogP contribution in [0.3, 0.4) is 0 Å². The number of carbonyl (C=O) groups is 1. The van der Waals surface area contributed by atoms with E-state index in [1.807, 2.05) is 31.2 Å². The van der Waals surface area contributed by atoms with Crippen LogP contribution in [0.5, 0.6) is 0 Å². The van der Waals surface area contributed by atoms with Crippen molar-refractivity contribution in [2.45, 2.75) is 32.1 Å². The number of aryl methyl sites for hydroxylation is 1. The highest BCUT2D eigenvalue weighted by atomic mass is 35.5. The number of sulfonamides is 1. The van der Waals surface area contributed by atoms with Crippen molar-refractivity contribution in [1.82, 2.24) is 9.21 Å². The summed E-state index contributed by atoms with van der Waals surface area (Å²) in [6.07, 6.45) is 1.32. The highest BCUT2D eigenvalue weighted by Gasteiger charge is 2.34. The molecule has 1 unspecified atom stereocenters. The number of hydrogen-bond donors (Lipinski definition) is 0. The summed E-state index contributed by atoms with van der Waals surface area (Å²) in [5, 5.41) is 0.655. The summed E-state index contributed by atoms with van der Waals surface area (Å²) in [7, 11) is -1.88. The molecule has 0 spiro atoms. The number of nitrogens with zero attached hydrogens (tertiary/aromatic N) is 2. The van der Waals surface area contributed by atoms with Gasteiger partial charge in [-0.25, -0.2) is 12.7 Å². The van der Waals surface area contributed by atoms with Crippen molar-refractivity contribution in [3.63, 3.8) is 0 Å². The minimum Gasteiger partial charge on any atom is -0.341 e. The number of benzene rings is 2. The molecular weight excluding hydrogens is 443 g/mol. The van der Waals surface area contributed by atoms with Crippen molar-refractivity contribution >= 4 is 39.1 Å². The molecule has 2 aromatic rings. The first-order valence-electron chi connectivity index (χ1n) is 9.88. The Bertz CT molecular complexity index is 989. The summed E-state index contributed by atoms with van der Waals surface area (Å²) in [6, 6.07) is 13.0. The fourth-order valence-electron chi connectivity index (χ4n) is 3.70. The molecule has 1 saturated heterocycles. The number of carbonyl (C=O) groups excluding carboxylic acids is 1. The van der Waals surface area contributed by atoms with Crippen molar-refractivity contribution in [2.75, 3.05) is 20.1 Å². The van der Waals surface area contributed by atoms with Gasteiger partial charge in [-0.15, -0.1) is 0 Å². The molecule has 30 heavy (non-hydrogen) atoms. The zero-order valence-corrected chi connectivity index (χ0v) is 19.5. The molecule has 1 aliphatic rings. The number of piperidine rings is 1. The molecule has 1 amide bonds. The lowest BCUT2D eigenvalue weighted by Gasteiger charge is -2.33. The monoisotopic (exact) mass is 468 g/mol. The Morgan fingerprint density at radius 3 is 2.40 bits per heavy atom. The molecular formula is C22H26Cl2N2O3S. The molecule has 2 aromatic carbocycles. The lowest BCUT2D eigenvalue weighted by Crippen LogP contribution is -2.46. The van der Waals surface area contributed by atoms with E-state index in [0.717, 1.165) is 5.56 Å². The van der Waals surface area contributed by atoms with Gasteiger partial charge in [-0.2, -0.15) is 0 Å². The smallest absolute Gasteiger partial charge is 0.227 e. The van der Waals surface area contributed by atoms with Gasteiger partial charge in [-0.3, -0.25) is 4.79 Å². The van der Waals surface area contributed by atoms with Crippen LogP contribution in [0.15, 0.2) is 42.5 Å². The standard InChI is InChI=1S/C22H26Cl2N2O3S/c1-16-8-10-17(11-9-16)13-25(2)22(27)18-5-4-12-26(14-18)30(28,29)15-19-20(23)6-3-7-21(19)24/h3,6-11,18H,4-5,12-15H2,1-2H3. The third kappa shape index (κ3) is 5.55. The normalized spacial score (nSPS) is 17.7. The largest absolute Gasteiger partial charge is 0.341 e. The molecule has 3 rings (SSSR count). The van der Waals surface area contributed by atoms with E-state index in [9.17, 15) is 13.2 Å². The second-order valence-electron chi connectivity index (χ2n) is 7.83. The van der Waals surface area contributed by atoms with E-state index in [1.54, 1.807) is 30.1 Å². The molecule has 8 heteroatoms. The van der Waals surface area contributed by atoms with Crippen LogP contribution < -0.4 is 0 Å². The summed E-state index contributed by atoms with van der Waals surface area (Å²) in [6.45, 7) is 3.10. The molecule has 0 N–H and O–H groups in total. The molecule has 1 heterocycles. The van der Waals surface area contributed by atoms with Crippen molar-refractivity contribution in [3.8, 4) is 0 Å². The van der Waals surface area contributed by atoms with Crippen LogP contribution in [0.2, 0.25) is 10.0 Å². The zero-order chi connectivity index (χ0) is 21.9. The van der Waals surface area contributed by atoms with E-state index in [4.69, 9.17) is 23.2 Å². The van der Waals surface area contributed by atoms with Gasteiger partial charge < -0.3 is 4.90 Å². The van der Waals surface area contributed by atoms with E-state index in [0.29, 0.717) is 41.5 Å². The van der Waals surface area contributed by atoms with Gasteiger partial charge in [0.1, 0.15) is 0 Å². The predicted molar refractivity (Wildman–Crippen MR) is 121 cm³/mol. The lowest BCUT2D eigenvalue weighted by atomic mass is 9.98. The second kappa shape index (κ2) is 9.69. The molecule has 162 valence electrons. The third-order valence-corrected chi connectivity index (χ3v) is 7.91. The molecule has 1 atom stereocenters. The van der Waals surface area contributed by atoms with Crippen LogP contribution in [-0.4, -0.2) is 43.7 Å². The van der Waals surface area contributed by atoms with Gasteiger partial charge in [0.05, 0.1) is 11.7 Å². The molecule has 0 aromatic heterocycles. The van der Waals surface area contributed by atoms with Crippen LogP contribution in [-0.2, 0) is 27.1 Å². The first kappa shape index (κ1) is 23.1. The van der Waals surface area contributed by atoms with E-state index in [-0.39, 0.29) is 24.1 Å². The van der Waals surface area contributed by atoms with Crippen LogP contribution >= 0.6 is 23.2 Å². The topological polar surface area (TPSA) is 57.7 Å². The highest BCUT2D eigenvalue weighted by molar-refractivity contribution is 7.88. The highest BCUT2D eigenvalue weighted by Crippen LogP contribution is 2.29. The fraction of sp³-hybridized carbons (Fsp3) is 0.409. The molecule has 0 radical (unpaired) electrons. The average Bonchev–Trinajstić information content (AvgIpc) is 2.72. The van der Waals surface area contributed by atoms with Gasteiger partial charge in [-0.1, -0.05) is 59.1 Å². The molecule has 1 aliphatic heterocycles.